The summed E-state index contributed by atoms with van der Waals surface area (Å²) in [6.45, 7) is 4.25. The van der Waals surface area contributed by atoms with Gasteiger partial charge in [-0.25, -0.2) is 9.69 Å². The highest BCUT2D eigenvalue weighted by molar-refractivity contribution is 6.14. The Balaban J connectivity index is 1.76. The van der Waals surface area contributed by atoms with Gasteiger partial charge < -0.3 is 20.1 Å². The number of nitrogens with one attached hydrogen (secondary N) is 2. The van der Waals surface area contributed by atoms with Gasteiger partial charge in [-0.3, -0.25) is 14.6 Å². The summed E-state index contributed by atoms with van der Waals surface area (Å²) in [7, 11) is 1.30. The van der Waals surface area contributed by atoms with Crippen molar-refractivity contribution in [2.45, 2.75) is 58.4 Å². The van der Waals surface area contributed by atoms with Crippen LogP contribution >= 0.6 is 0 Å². The number of nitrogens with zero attached hydrogens (tertiary/aromatic N) is 5. The molecule has 2 aromatic rings. The van der Waals surface area contributed by atoms with Crippen molar-refractivity contribution >= 4 is 29.3 Å². The maximum Gasteiger partial charge on any atom is 0.408 e. The summed E-state index contributed by atoms with van der Waals surface area (Å²) in [4.78, 5) is 29.7. The minimum absolute atomic E-state index is 0.141. The lowest BCUT2D eigenvalue weighted by Gasteiger charge is -2.30. The van der Waals surface area contributed by atoms with Gasteiger partial charge in [-0.05, 0) is 38.5 Å². The van der Waals surface area contributed by atoms with Gasteiger partial charge in [0, 0.05) is 25.2 Å². The highest BCUT2D eigenvalue weighted by Crippen LogP contribution is 2.32. The lowest BCUT2D eigenvalue weighted by molar-refractivity contribution is -0.142. The van der Waals surface area contributed by atoms with Crippen LogP contribution < -0.4 is 15.4 Å². The van der Waals surface area contributed by atoms with Gasteiger partial charge in [0.25, 0.3) is 11.8 Å². The highest BCUT2D eigenvalue weighted by atomic mass is 19.4. The number of carbonyl (C=O) groups is 2. The molecular formula is C25H30F3N7O4. The molecule has 0 saturated carbocycles. The van der Waals surface area contributed by atoms with Gasteiger partial charge in [-0.15, -0.1) is 0 Å². The molecule has 0 radical (unpaired) electrons. The lowest BCUT2D eigenvalue weighted by atomic mass is 10.0. The van der Waals surface area contributed by atoms with Crippen LogP contribution in [0.5, 0.6) is 5.75 Å². The summed E-state index contributed by atoms with van der Waals surface area (Å²) in [6, 6.07) is 5.40. The average Bonchev–Trinajstić information content (AvgIpc) is 3.39. The van der Waals surface area contributed by atoms with Crippen molar-refractivity contribution < 1.29 is 32.2 Å². The number of methoxy groups -OCH3 is 1. The number of aromatic nitrogens is 2. The molecule has 2 aliphatic heterocycles. The average molecular weight is 550 g/mol. The standard InChI is InChI=1S/C25H30F3N7O4/c1-5-7-19-29-14(3)22-24(37)31-23(33-35(19)22)16-10-15(8-9-18(16)39-6-2)17-11-20(30-21(36)12-38-4)34(32-17)13-25(26,27)28/h8-11,14,22H,5-7,12-13H2,1-4H3,(H,30,36)(H,31,33,37). The molecule has 1 aromatic carbocycles. The van der Waals surface area contributed by atoms with Crippen molar-refractivity contribution in [2.24, 2.45) is 10.1 Å². The van der Waals surface area contributed by atoms with Crippen molar-refractivity contribution in [3.05, 3.63) is 29.8 Å². The van der Waals surface area contributed by atoms with E-state index < -0.39 is 24.7 Å². The molecule has 2 N–H and O–H groups in total. The molecular weight excluding hydrogens is 519 g/mol. The van der Waals surface area contributed by atoms with Crippen molar-refractivity contribution in [1.82, 2.24) is 20.1 Å². The molecule has 2 aliphatic rings. The predicted molar refractivity (Wildman–Crippen MR) is 138 cm³/mol. The number of amides is 2. The first kappa shape index (κ1) is 28.1. The van der Waals surface area contributed by atoms with E-state index in [0.717, 1.165) is 6.42 Å². The third kappa shape index (κ3) is 6.21. The molecule has 0 spiro atoms. The highest BCUT2D eigenvalue weighted by Gasteiger charge is 2.42. The molecule has 2 amide bonds. The number of hydrazone groups is 1. The number of ether oxygens (including phenoxy) is 2. The monoisotopic (exact) mass is 549 g/mol. The van der Waals surface area contributed by atoms with Crippen LogP contribution in [0.2, 0.25) is 0 Å². The summed E-state index contributed by atoms with van der Waals surface area (Å²) < 4.78 is 50.9. The third-order valence-electron chi connectivity index (χ3n) is 6.01. The van der Waals surface area contributed by atoms with E-state index in [1.807, 2.05) is 13.8 Å². The number of alkyl halides is 3. The van der Waals surface area contributed by atoms with Crippen LogP contribution in [0.3, 0.4) is 0 Å². The number of anilines is 1. The minimum Gasteiger partial charge on any atom is -0.493 e. The van der Waals surface area contributed by atoms with Crippen LogP contribution in [0.1, 0.15) is 39.2 Å². The zero-order valence-corrected chi connectivity index (χ0v) is 22.0. The Labute approximate surface area is 223 Å². The minimum atomic E-state index is -4.57. The summed E-state index contributed by atoms with van der Waals surface area (Å²) >= 11 is 0. The van der Waals surface area contributed by atoms with Crippen molar-refractivity contribution in [2.75, 3.05) is 25.6 Å². The van der Waals surface area contributed by atoms with E-state index in [0.29, 0.717) is 40.4 Å². The molecule has 0 aliphatic carbocycles. The number of halogens is 3. The second-order valence-electron chi connectivity index (χ2n) is 9.08. The first-order valence-corrected chi connectivity index (χ1v) is 12.5. The van der Waals surface area contributed by atoms with E-state index in [1.54, 1.807) is 30.1 Å². The number of hydrogen-bond donors (Lipinski definition) is 2. The molecule has 3 heterocycles. The molecule has 210 valence electrons. The SMILES string of the molecule is CCCC1=NC(C)C2C(=O)NC(c3cc(-c4cc(NC(=O)COC)n(CC(F)(F)F)n4)ccc3OCC)=NN12. The smallest absolute Gasteiger partial charge is 0.408 e. The number of aliphatic imine (C=N–C) groups is 1. The number of amidine groups is 2. The summed E-state index contributed by atoms with van der Waals surface area (Å²) in [5, 5.41) is 15.6. The van der Waals surface area contributed by atoms with E-state index in [2.05, 4.69) is 25.8 Å². The van der Waals surface area contributed by atoms with Gasteiger partial charge in [-0.1, -0.05) is 6.92 Å². The zero-order chi connectivity index (χ0) is 28.3. The molecule has 4 rings (SSSR count). The molecule has 11 nitrogen and oxygen atoms in total. The van der Waals surface area contributed by atoms with Crippen LogP contribution in [-0.4, -0.2) is 76.9 Å². The van der Waals surface area contributed by atoms with Crippen LogP contribution in [0.15, 0.2) is 34.4 Å². The number of benzene rings is 1. The van der Waals surface area contributed by atoms with Gasteiger partial charge in [0.15, 0.2) is 11.9 Å². The number of carbonyl (C=O) groups excluding carboxylic acids is 2. The Hall–Kier alpha value is -3.94. The Morgan fingerprint density at radius 2 is 2.00 bits per heavy atom. The number of fused-ring (bicyclic) bond motifs is 1. The molecule has 0 saturated heterocycles. The molecule has 0 fully saturated rings. The molecule has 39 heavy (non-hydrogen) atoms. The molecule has 2 atom stereocenters. The zero-order valence-electron chi connectivity index (χ0n) is 22.0. The molecule has 2 unspecified atom stereocenters. The quantitative estimate of drug-likeness (QED) is 0.470. The van der Waals surface area contributed by atoms with E-state index in [4.69, 9.17) is 9.47 Å². The Kier molecular flexibility index (Phi) is 8.23. The largest absolute Gasteiger partial charge is 0.493 e. The third-order valence-corrected chi connectivity index (χ3v) is 6.01. The Bertz CT molecular complexity index is 1310. The maximum atomic E-state index is 13.2. The summed E-state index contributed by atoms with van der Waals surface area (Å²) in [5.41, 5.74) is 1.01. The van der Waals surface area contributed by atoms with E-state index in [-0.39, 0.29) is 35.9 Å². The van der Waals surface area contributed by atoms with Crippen LogP contribution in [-0.2, 0) is 20.9 Å². The molecule has 1 aromatic heterocycles. The fourth-order valence-corrected chi connectivity index (χ4v) is 4.44. The van der Waals surface area contributed by atoms with Crippen molar-refractivity contribution in [3.63, 3.8) is 0 Å². The lowest BCUT2D eigenvalue weighted by Crippen LogP contribution is -2.54. The van der Waals surface area contributed by atoms with Crippen molar-refractivity contribution in [1.29, 1.82) is 0 Å². The van der Waals surface area contributed by atoms with Gasteiger partial charge in [0.05, 0.1) is 23.9 Å². The van der Waals surface area contributed by atoms with Gasteiger partial charge in [0.1, 0.15) is 30.6 Å². The van der Waals surface area contributed by atoms with Gasteiger partial charge >= 0.3 is 6.18 Å². The first-order valence-electron chi connectivity index (χ1n) is 12.5. The fraction of sp³-hybridized carbons (Fsp3) is 0.480. The second kappa shape index (κ2) is 11.4. The van der Waals surface area contributed by atoms with Crippen LogP contribution in [0.4, 0.5) is 19.0 Å². The number of hydrogen-bond acceptors (Lipinski definition) is 8. The first-order chi connectivity index (χ1) is 18.5. The van der Waals surface area contributed by atoms with E-state index in [1.165, 1.54) is 13.2 Å². The Morgan fingerprint density at radius 1 is 1.23 bits per heavy atom. The fourth-order valence-electron chi connectivity index (χ4n) is 4.44. The topological polar surface area (TPSA) is 122 Å². The second-order valence-corrected chi connectivity index (χ2v) is 9.08. The van der Waals surface area contributed by atoms with Gasteiger partial charge in [0.2, 0.25) is 0 Å². The normalized spacial score (nSPS) is 18.8. The summed E-state index contributed by atoms with van der Waals surface area (Å²) in [6.07, 6.45) is -3.10. The van der Waals surface area contributed by atoms with E-state index in [9.17, 15) is 22.8 Å². The Morgan fingerprint density at radius 3 is 2.67 bits per heavy atom. The van der Waals surface area contributed by atoms with E-state index >= 15 is 0 Å². The summed E-state index contributed by atoms with van der Waals surface area (Å²) in [5.74, 6) is 0.313. The van der Waals surface area contributed by atoms with Crippen molar-refractivity contribution in [3.8, 4) is 17.0 Å². The molecule has 14 heteroatoms. The number of rotatable bonds is 10. The van der Waals surface area contributed by atoms with Gasteiger partial charge in [-0.2, -0.15) is 23.4 Å². The predicted octanol–water partition coefficient (Wildman–Crippen LogP) is 3.16. The van der Waals surface area contributed by atoms with Crippen LogP contribution in [0, 0.1) is 0 Å². The maximum absolute atomic E-state index is 13.2. The molecule has 0 bridgehead atoms. The van der Waals surface area contributed by atoms with Crippen LogP contribution in [0.25, 0.3) is 11.3 Å².